The number of anilines is 1. The highest BCUT2D eigenvalue weighted by Gasteiger charge is 2.17. The third-order valence-corrected chi connectivity index (χ3v) is 6.54. The number of nitrogens with zero attached hydrogens (tertiary/aromatic N) is 3. The third kappa shape index (κ3) is 5.19. The molecule has 0 saturated carbocycles. The molecule has 168 valence electrons. The molecule has 3 heterocycles. The molecule has 1 saturated heterocycles. The molecule has 0 radical (unpaired) electrons. The Hall–Kier alpha value is -3.13. The number of hydrogen-bond acceptors (Lipinski definition) is 6. The summed E-state index contributed by atoms with van der Waals surface area (Å²) in [6, 6.07) is 8.92. The molecule has 3 aromatic rings. The molecule has 1 aliphatic rings. The molecule has 32 heavy (non-hydrogen) atoms. The Kier molecular flexibility index (Phi) is 6.90. The van der Waals surface area contributed by atoms with Gasteiger partial charge in [0, 0.05) is 31.2 Å². The highest BCUT2D eigenvalue weighted by Crippen LogP contribution is 2.25. The lowest BCUT2D eigenvalue weighted by molar-refractivity contribution is 0.0600. The van der Waals surface area contributed by atoms with Gasteiger partial charge in [-0.1, -0.05) is 12.1 Å². The second-order valence-corrected chi connectivity index (χ2v) is 8.91. The van der Waals surface area contributed by atoms with E-state index in [0.29, 0.717) is 24.3 Å². The third-order valence-electron chi connectivity index (χ3n) is 5.59. The fraction of sp³-hybridized carbons (Fsp3) is 0.375. The number of rotatable bonds is 7. The molecule has 0 atom stereocenters. The van der Waals surface area contributed by atoms with Gasteiger partial charge in [0.05, 0.1) is 24.9 Å². The van der Waals surface area contributed by atoms with E-state index >= 15 is 0 Å². The number of carbonyl (C=O) groups is 2. The molecule has 0 aliphatic carbocycles. The first kappa shape index (κ1) is 22.1. The number of hydrogen-bond donors (Lipinski definition) is 1. The summed E-state index contributed by atoms with van der Waals surface area (Å²) < 4.78 is 6.67. The Morgan fingerprint density at radius 1 is 1.16 bits per heavy atom. The van der Waals surface area contributed by atoms with Gasteiger partial charge in [-0.15, -0.1) is 11.3 Å². The number of ether oxygens (including phenoxy) is 1. The van der Waals surface area contributed by atoms with Crippen LogP contribution in [0.5, 0.6) is 0 Å². The Balaban J connectivity index is 1.40. The van der Waals surface area contributed by atoms with Gasteiger partial charge < -0.3 is 19.5 Å². The minimum atomic E-state index is -0.376. The van der Waals surface area contributed by atoms with Crippen molar-refractivity contribution in [3.63, 3.8) is 0 Å². The standard InChI is InChI=1S/C24H28N4O3S/c1-17-12-21(22(29)25-13-18-6-8-19(9-7-18)23(30)31-2)28(14-17)15-20-16-32-24(26-20)27-10-4-3-5-11-27/h6-9,12,14,16H,3-5,10-11,13,15H2,1-2H3,(H,25,29). The first-order valence-electron chi connectivity index (χ1n) is 10.8. The summed E-state index contributed by atoms with van der Waals surface area (Å²) in [5, 5.41) is 6.13. The zero-order chi connectivity index (χ0) is 22.5. The Morgan fingerprint density at radius 2 is 1.91 bits per heavy atom. The number of esters is 1. The summed E-state index contributed by atoms with van der Waals surface area (Å²) in [6.45, 7) is 5.07. The van der Waals surface area contributed by atoms with Gasteiger partial charge in [0.2, 0.25) is 0 Å². The van der Waals surface area contributed by atoms with Gasteiger partial charge in [0.25, 0.3) is 5.91 Å². The van der Waals surface area contributed by atoms with Crippen molar-refractivity contribution in [2.45, 2.75) is 39.3 Å². The molecule has 0 spiro atoms. The normalized spacial score (nSPS) is 13.8. The molecular weight excluding hydrogens is 424 g/mol. The van der Waals surface area contributed by atoms with Crippen LogP contribution in [0.25, 0.3) is 0 Å². The van der Waals surface area contributed by atoms with E-state index in [1.165, 1.54) is 26.4 Å². The maximum absolute atomic E-state index is 12.9. The van der Waals surface area contributed by atoms with Gasteiger partial charge in [-0.3, -0.25) is 4.79 Å². The van der Waals surface area contributed by atoms with Crippen LogP contribution in [0.4, 0.5) is 5.13 Å². The van der Waals surface area contributed by atoms with Gasteiger partial charge in [-0.2, -0.15) is 0 Å². The molecule has 1 N–H and O–H groups in total. The number of aromatic nitrogens is 2. The molecule has 0 unspecified atom stereocenters. The number of benzene rings is 1. The second kappa shape index (κ2) is 9.99. The summed E-state index contributed by atoms with van der Waals surface area (Å²) in [4.78, 5) is 31.6. The number of carbonyl (C=O) groups excluding carboxylic acids is 2. The van der Waals surface area contributed by atoms with E-state index in [1.54, 1.807) is 23.5 Å². The molecule has 1 amide bonds. The number of thiazole rings is 1. The smallest absolute Gasteiger partial charge is 0.337 e. The maximum atomic E-state index is 12.9. The van der Waals surface area contributed by atoms with E-state index in [2.05, 4.69) is 15.6 Å². The number of nitrogens with one attached hydrogen (secondary N) is 1. The van der Waals surface area contributed by atoms with E-state index in [4.69, 9.17) is 9.72 Å². The van der Waals surface area contributed by atoms with Crippen molar-refractivity contribution in [1.29, 1.82) is 0 Å². The summed E-state index contributed by atoms with van der Waals surface area (Å²) in [5.74, 6) is -0.513. The van der Waals surface area contributed by atoms with Crippen LogP contribution in [0.3, 0.4) is 0 Å². The quantitative estimate of drug-likeness (QED) is 0.548. The monoisotopic (exact) mass is 452 g/mol. The first-order chi connectivity index (χ1) is 15.5. The van der Waals surface area contributed by atoms with Crippen LogP contribution in [0.2, 0.25) is 0 Å². The highest BCUT2D eigenvalue weighted by molar-refractivity contribution is 7.13. The Morgan fingerprint density at radius 3 is 2.62 bits per heavy atom. The zero-order valence-electron chi connectivity index (χ0n) is 18.5. The van der Waals surface area contributed by atoms with Gasteiger partial charge in [-0.25, -0.2) is 9.78 Å². The zero-order valence-corrected chi connectivity index (χ0v) is 19.3. The van der Waals surface area contributed by atoms with Crippen molar-refractivity contribution in [3.8, 4) is 0 Å². The topological polar surface area (TPSA) is 76.5 Å². The van der Waals surface area contributed by atoms with E-state index in [9.17, 15) is 9.59 Å². The fourth-order valence-electron chi connectivity index (χ4n) is 3.90. The van der Waals surface area contributed by atoms with Gasteiger partial charge in [0.1, 0.15) is 5.69 Å². The average molecular weight is 453 g/mol. The van der Waals surface area contributed by atoms with Crippen LogP contribution < -0.4 is 10.2 Å². The lowest BCUT2D eigenvalue weighted by Gasteiger charge is -2.25. The number of amides is 1. The second-order valence-electron chi connectivity index (χ2n) is 8.07. The molecule has 4 rings (SSSR count). The minimum absolute atomic E-state index is 0.137. The van der Waals surface area contributed by atoms with Crippen LogP contribution in [0.1, 0.15) is 56.9 Å². The summed E-state index contributed by atoms with van der Waals surface area (Å²) in [5.41, 5.74) is 4.01. The Bertz CT molecular complexity index is 1080. The van der Waals surface area contributed by atoms with Crippen molar-refractivity contribution in [2.24, 2.45) is 0 Å². The van der Waals surface area contributed by atoms with Crippen molar-refractivity contribution in [1.82, 2.24) is 14.9 Å². The van der Waals surface area contributed by atoms with E-state index < -0.39 is 0 Å². The summed E-state index contributed by atoms with van der Waals surface area (Å²) in [7, 11) is 1.35. The molecule has 1 aromatic carbocycles. The maximum Gasteiger partial charge on any atom is 0.337 e. The summed E-state index contributed by atoms with van der Waals surface area (Å²) in [6.07, 6.45) is 5.73. The van der Waals surface area contributed by atoms with E-state index in [0.717, 1.165) is 35.0 Å². The first-order valence-corrected chi connectivity index (χ1v) is 11.7. The number of methoxy groups -OCH3 is 1. The van der Waals surface area contributed by atoms with Crippen LogP contribution in [0, 0.1) is 6.92 Å². The van der Waals surface area contributed by atoms with Crippen molar-refractivity contribution in [3.05, 3.63) is 70.0 Å². The average Bonchev–Trinajstić information content (AvgIpc) is 3.44. The molecular formula is C24H28N4O3S. The highest BCUT2D eigenvalue weighted by atomic mass is 32.1. The van der Waals surface area contributed by atoms with Crippen LogP contribution in [-0.4, -0.2) is 41.6 Å². The van der Waals surface area contributed by atoms with Crippen LogP contribution >= 0.6 is 11.3 Å². The van der Waals surface area contributed by atoms with Crippen molar-refractivity contribution < 1.29 is 14.3 Å². The van der Waals surface area contributed by atoms with Crippen molar-refractivity contribution >= 4 is 28.3 Å². The van der Waals surface area contributed by atoms with Crippen molar-refractivity contribution in [2.75, 3.05) is 25.1 Å². The molecule has 7 nitrogen and oxygen atoms in total. The molecule has 8 heteroatoms. The lowest BCUT2D eigenvalue weighted by Crippen LogP contribution is -2.29. The molecule has 1 fully saturated rings. The van der Waals surface area contributed by atoms with Gasteiger partial charge >= 0.3 is 5.97 Å². The van der Waals surface area contributed by atoms with Gasteiger partial charge in [0.15, 0.2) is 5.13 Å². The Labute approximate surface area is 192 Å². The molecule has 0 bridgehead atoms. The summed E-state index contributed by atoms with van der Waals surface area (Å²) >= 11 is 1.68. The SMILES string of the molecule is COC(=O)c1ccc(CNC(=O)c2cc(C)cn2Cc2csc(N3CCCCC3)n2)cc1. The fourth-order valence-corrected chi connectivity index (χ4v) is 4.77. The predicted octanol–water partition coefficient (Wildman–Crippen LogP) is 4.01. The minimum Gasteiger partial charge on any atom is -0.465 e. The van der Waals surface area contributed by atoms with E-state index in [1.807, 2.05) is 35.9 Å². The van der Waals surface area contributed by atoms with Crippen LogP contribution in [0.15, 0.2) is 41.9 Å². The number of aryl methyl sites for hydroxylation is 1. The largest absolute Gasteiger partial charge is 0.465 e. The lowest BCUT2D eigenvalue weighted by atomic mass is 10.1. The molecule has 1 aliphatic heterocycles. The predicted molar refractivity (Wildman–Crippen MR) is 125 cm³/mol. The van der Waals surface area contributed by atoms with E-state index in [-0.39, 0.29) is 11.9 Å². The molecule has 2 aromatic heterocycles. The van der Waals surface area contributed by atoms with Crippen LogP contribution in [-0.2, 0) is 17.8 Å². The number of piperidine rings is 1. The van der Waals surface area contributed by atoms with Gasteiger partial charge in [-0.05, 0) is 55.5 Å².